The lowest BCUT2D eigenvalue weighted by Crippen LogP contribution is -2.43. The van der Waals surface area contributed by atoms with Crippen LogP contribution in [0.2, 0.25) is 5.02 Å². The van der Waals surface area contributed by atoms with Gasteiger partial charge in [-0.25, -0.2) is 4.98 Å². The van der Waals surface area contributed by atoms with Gasteiger partial charge in [0.2, 0.25) is 0 Å². The number of likely N-dealkylation sites (tertiary alicyclic amines) is 1. The summed E-state index contributed by atoms with van der Waals surface area (Å²) >= 11 is 7.28. The van der Waals surface area contributed by atoms with Crippen molar-refractivity contribution in [3.63, 3.8) is 0 Å². The van der Waals surface area contributed by atoms with Gasteiger partial charge < -0.3 is 14.6 Å². The molecule has 1 aromatic carbocycles. The van der Waals surface area contributed by atoms with Crippen LogP contribution in [0.1, 0.15) is 23.2 Å². The van der Waals surface area contributed by atoms with Gasteiger partial charge >= 0.3 is 0 Å². The molecule has 2 aromatic rings. The number of rotatable bonds is 4. The van der Waals surface area contributed by atoms with E-state index in [9.17, 15) is 9.59 Å². The fraction of sp³-hybridized carbons (Fsp3) is 0.353. The van der Waals surface area contributed by atoms with Crippen molar-refractivity contribution >= 4 is 29.3 Å². The number of amides is 1. The molecule has 132 valence electrons. The number of carbonyl (C=O) groups is 1. The number of nitrogens with one attached hydrogen (secondary N) is 1. The highest BCUT2D eigenvalue weighted by atomic mass is 35.5. The van der Waals surface area contributed by atoms with E-state index in [0.717, 1.165) is 5.75 Å². The van der Waals surface area contributed by atoms with E-state index in [-0.39, 0.29) is 17.6 Å². The number of aromatic nitrogens is 2. The second-order valence-electron chi connectivity index (χ2n) is 5.70. The van der Waals surface area contributed by atoms with E-state index in [1.807, 2.05) is 18.4 Å². The van der Waals surface area contributed by atoms with Gasteiger partial charge in [0.15, 0.2) is 5.16 Å². The van der Waals surface area contributed by atoms with Crippen molar-refractivity contribution in [1.29, 1.82) is 0 Å². The number of thioether (sulfide) groups is 1. The van der Waals surface area contributed by atoms with Gasteiger partial charge in [0.05, 0.1) is 0 Å². The summed E-state index contributed by atoms with van der Waals surface area (Å²) in [5.74, 6) is 0.438. The first kappa shape index (κ1) is 17.8. The molecule has 0 spiro atoms. The van der Waals surface area contributed by atoms with E-state index in [1.54, 1.807) is 17.0 Å². The van der Waals surface area contributed by atoms with Crippen LogP contribution >= 0.6 is 23.4 Å². The molecule has 1 aliphatic rings. The average molecular weight is 380 g/mol. The summed E-state index contributed by atoms with van der Waals surface area (Å²) in [4.78, 5) is 32.9. The summed E-state index contributed by atoms with van der Waals surface area (Å²) < 4.78 is 5.92. The molecule has 25 heavy (non-hydrogen) atoms. The van der Waals surface area contributed by atoms with Gasteiger partial charge in [-0.15, -0.1) is 0 Å². The van der Waals surface area contributed by atoms with Crippen LogP contribution in [0.4, 0.5) is 0 Å². The van der Waals surface area contributed by atoms with Crippen LogP contribution in [0, 0.1) is 0 Å². The summed E-state index contributed by atoms with van der Waals surface area (Å²) in [5, 5.41) is 1.13. The lowest BCUT2D eigenvalue weighted by Gasteiger charge is -2.32. The number of nitrogens with zero attached hydrogens (tertiary/aromatic N) is 2. The molecule has 0 radical (unpaired) electrons. The van der Waals surface area contributed by atoms with E-state index in [4.69, 9.17) is 16.3 Å². The first-order valence-corrected chi connectivity index (χ1v) is 9.52. The molecular weight excluding hydrogens is 362 g/mol. The van der Waals surface area contributed by atoms with E-state index in [0.29, 0.717) is 36.1 Å². The Hall–Kier alpha value is -1.99. The molecule has 0 aliphatic carbocycles. The molecule has 3 rings (SSSR count). The van der Waals surface area contributed by atoms with Crippen LogP contribution in [0.3, 0.4) is 0 Å². The quantitative estimate of drug-likeness (QED) is 0.653. The number of piperidine rings is 1. The molecule has 0 atom stereocenters. The van der Waals surface area contributed by atoms with E-state index >= 15 is 0 Å². The molecule has 1 fully saturated rings. The van der Waals surface area contributed by atoms with Crippen LogP contribution in [0.15, 0.2) is 40.4 Å². The zero-order valence-corrected chi connectivity index (χ0v) is 15.3. The predicted octanol–water partition coefficient (Wildman–Crippen LogP) is 2.83. The molecule has 1 saturated heterocycles. The van der Waals surface area contributed by atoms with Gasteiger partial charge in [-0.05, 0) is 24.5 Å². The number of ether oxygens (including phenoxy) is 1. The molecule has 0 saturated carbocycles. The number of H-pyrrole nitrogens is 1. The van der Waals surface area contributed by atoms with Crippen LogP contribution in [-0.2, 0) is 0 Å². The third-order valence-corrected chi connectivity index (χ3v) is 4.86. The summed E-state index contributed by atoms with van der Waals surface area (Å²) in [6.45, 7) is 1.07. The first-order valence-electron chi connectivity index (χ1n) is 7.91. The summed E-state index contributed by atoms with van der Waals surface area (Å²) in [5.41, 5.74) is -0.325. The van der Waals surface area contributed by atoms with Crippen LogP contribution < -0.4 is 10.3 Å². The van der Waals surface area contributed by atoms with Gasteiger partial charge in [-0.3, -0.25) is 9.59 Å². The fourth-order valence-corrected chi connectivity index (χ4v) is 3.25. The number of halogens is 1. The third kappa shape index (κ3) is 4.35. The number of benzene rings is 1. The molecule has 2 heterocycles. The first-order chi connectivity index (χ1) is 12.1. The topological polar surface area (TPSA) is 75.3 Å². The zero-order valence-electron chi connectivity index (χ0n) is 13.7. The largest absolute Gasteiger partial charge is 0.490 e. The minimum Gasteiger partial charge on any atom is -0.490 e. The van der Waals surface area contributed by atoms with Crippen molar-refractivity contribution in [3.8, 4) is 5.75 Å². The Morgan fingerprint density at radius 3 is 2.80 bits per heavy atom. The Morgan fingerprint density at radius 2 is 2.16 bits per heavy atom. The smallest absolute Gasteiger partial charge is 0.264 e. The van der Waals surface area contributed by atoms with Crippen molar-refractivity contribution in [2.24, 2.45) is 0 Å². The lowest BCUT2D eigenvalue weighted by molar-refractivity contribution is 0.0593. The Bertz CT molecular complexity index is 819. The van der Waals surface area contributed by atoms with Crippen molar-refractivity contribution < 1.29 is 9.53 Å². The standard InChI is InChI=1S/C17H18ClN3O3S/c1-25-17-19-10-14(15(22)20-17)16(23)21-7-5-12(6-8-21)24-13-4-2-3-11(18)9-13/h2-4,9-10,12H,5-8H2,1H3,(H,19,20,22). The Kier molecular flexibility index (Phi) is 5.65. The lowest BCUT2D eigenvalue weighted by atomic mass is 10.1. The molecule has 1 aromatic heterocycles. The molecule has 1 aliphatic heterocycles. The Labute approximate surface area is 154 Å². The normalized spacial score (nSPS) is 15.2. The minimum absolute atomic E-state index is 0.0257. The number of hydrogen-bond acceptors (Lipinski definition) is 5. The monoisotopic (exact) mass is 379 g/mol. The van der Waals surface area contributed by atoms with Crippen molar-refractivity contribution in [2.75, 3.05) is 19.3 Å². The van der Waals surface area contributed by atoms with Gasteiger partial charge in [0.1, 0.15) is 17.4 Å². The maximum atomic E-state index is 12.5. The molecule has 0 bridgehead atoms. The van der Waals surface area contributed by atoms with E-state index in [2.05, 4.69) is 9.97 Å². The van der Waals surface area contributed by atoms with Gasteiger partial charge in [-0.1, -0.05) is 29.4 Å². The molecular formula is C17H18ClN3O3S. The Balaban J connectivity index is 1.60. The Morgan fingerprint density at radius 1 is 1.40 bits per heavy atom. The van der Waals surface area contributed by atoms with Crippen molar-refractivity contribution in [3.05, 3.63) is 51.4 Å². The van der Waals surface area contributed by atoms with Gasteiger partial charge in [0.25, 0.3) is 11.5 Å². The van der Waals surface area contributed by atoms with E-state index < -0.39 is 5.56 Å². The molecule has 6 nitrogen and oxygen atoms in total. The third-order valence-electron chi connectivity index (χ3n) is 4.03. The minimum atomic E-state index is -0.401. The second-order valence-corrected chi connectivity index (χ2v) is 6.93. The molecule has 1 amide bonds. The predicted molar refractivity (Wildman–Crippen MR) is 97.6 cm³/mol. The highest BCUT2D eigenvalue weighted by Crippen LogP contribution is 2.22. The number of hydrogen-bond donors (Lipinski definition) is 1. The second kappa shape index (κ2) is 7.93. The molecule has 8 heteroatoms. The number of carbonyl (C=O) groups excluding carboxylic acids is 1. The highest BCUT2D eigenvalue weighted by molar-refractivity contribution is 7.98. The summed E-state index contributed by atoms with van der Waals surface area (Å²) in [6, 6.07) is 7.27. The number of aromatic amines is 1. The van der Waals surface area contributed by atoms with Gasteiger partial charge in [0, 0.05) is 37.2 Å². The van der Waals surface area contributed by atoms with Crippen LogP contribution in [0.5, 0.6) is 5.75 Å². The van der Waals surface area contributed by atoms with Gasteiger partial charge in [-0.2, -0.15) is 0 Å². The SMILES string of the molecule is CSc1ncc(C(=O)N2CCC(Oc3cccc(Cl)c3)CC2)c(=O)[nH]1. The fourth-order valence-electron chi connectivity index (χ4n) is 2.71. The van der Waals surface area contributed by atoms with E-state index in [1.165, 1.54) is 18.0 Å². The van der Waals surface area contributed by atoms with Crippen molar-refractivity contribution in [1.82, 2.24) is 14.9 Å². The van der Waals surface area contributed by atoms with Crippen LogP contribution in [0.25, 0.3) is 0 Å². The molecule has 0 unspecified atom stereocenters. The zero-order chi connectivity index (χ0) is 17.8. The average Bonchev–Trinajstić information content (AvgIpc) is 2.62. The summed E-state index contributed by atoms with van der Waals surface area (Å²) in [7, 11) is 0. The molecule has 1 N–H and O–H groups in total. The maximum absolute atomic E-state index is 12.5. The highest BCUT2D eigenvalue weighted by Gasteiger charge is 2.26. The summed E-state index contributed by atoms with van der Waals surface area (Å²) in [6.07, 6.45) is 4.59. The maximum Gasteiger partial charge on any atom is 0.264 e. The van der Waals surface area contributed by atoms with Crippen molar-refractivity contribution in [2.45, 2.75) is 24.1 Å². The van der Waals surface area contributed by atoms with Crippen LogP contribution in [-0.4, -0.2) is 46.2 Å².